The number of piperidine rings is 1. The number of methoxy groups -OCH3 is 1. The molecule has 3 rings (SSSR count). The number of hydrogen-bond donors (Lipinski definition) is 1. The van der Waals surface area contributed by atoms with E-state index in [1.54, 1.807) is 12.1 Å². The third-order valence-corrected chi connectivity index (χ3v) is 5.92. The van der Waals surface area contributed by atoms with Crippen molar-refractivity contribution in [2.45, 2.75) is 30.7 Å². The summed E-state index contributed by atoms with van der Waals surface area (Å²) in [5.74, 6) is 0.788. The fourth-order valence-electron chi connectivity index (χ4n) is 2.69. The van der Waals surface area contributed by atoms with E-state index in [9.17, 15) is 8.42 Å². The van der Waals surface area contributed by atoms with Crippen molar-refractivity contribution in [3.05, 3.63) is 35.1 Å². The number of benzene rings is 1. The summed E-state index contributed by atoms with van der Waals surface area (Å²) in [4.78, 5) is 14.9. The lowest BCUT2D eigenvalue weighted by Crippen LogP contribution is -2.32. The summed E-state index contributed by atoms with van der Waals surface area (Å²) in [6, 6.07) is 6.41. The molecule has 8 nitrogen and oxygen atoms in total. The van der Waals surface area contributed by atoms with Crippen LogP contribution in [0, 0.1) is 0 Å². The van der Waals surface area contributed by atoms with Gasteiger partial charge >= 0.3 is 6.01 Å². The number of halogens is 1. The van der Waals surface area contributed by atoms with Crippen LogP contribution in [-0.4, -0.2) is 43.6 Å². The fourth-order valence-corrected chi connectivity index (χ4v) is 4.19. The standard InChI is InChI=1S/C16H20ClN5O3S/c1-25-16-20-14(19-15(21-16)22-9-5-2-6-10-22)11-18-26(23,24)13-8-4-3-7-12(13)17/h3-4,7-8,18H,2,5-6,9-11H2,1H3. The number of hydrogen-bond acceptors (Lipinski definition) is 7. The third kappa shape index (κ3) is 4.40. The molecule has 1 aromatic carbocycles. The van der Waals surface area contributed by atoms with Crippen LogP contribution < -0.4 is 14.4 Å². The van der Waals surface area contributed by atoms with E-state index in [1.165, 1.54) is 25.7 Å². The first-order valence-electron chi connectivity index (χ1n) is 8.28. The molecule has 2 heterocycles. The van der Waals surface area contributed by atoms with Crippen LogP contribution in [0.5, 0.6) is 6.01 Å². The number of nitrogens with zero attached hydrogens (tertiary/aromatic N) is 4. The molecule has 1 aromatic heterocycles. The minimum atomic E-state index is -3.78. The molecule has 0 spiro atoms. The summed E-state index contributed by atoms with van der Waals surface area (Å²) < 4.78 is 32.5. The molecule has 0 unspecified atom stereocenters. The second-order valence-corrected chi connectivity index (χ2v) is 7.98. The van der Waals surface area contributed by atoms with Crippen molar-refractivity contribution in [3.8, 4) is 6.01 Å². The van der Waals surface area contributed by atoms with Gasteiger partial charge in [-0.25, -0.2) is 13.1 Å². The SMILES string of the molecule is COc1nc(CNS(=O)(=O)c2ccccc2Cl)nc(N2CCCCC2)n1. The predicted molar refractivity (Wildman–Crippen MR) is 97.9 cm³/mol. The predicted octanol–water partition coefficient (Wildman–Crippen LogP) is 2.00. The molecular formula is C16H20ClN5O3S. The van der Waals surface area contributed by atoms with Gasteiger partial charge in [-0.3, -0.25) is 0 Å². The van der Waals surface area contributed by atoms with Crippen LogP contribution in [0.15, 0.2) is 29.2 Å². The van der Waals surface area contributed by atoms with Gasteiger partial charge in [-0.1, -0.05) is 23.7 Å². The molecule has 1 N–H and O–H groups in total. The number of sulfonamides is 1. The molecule has 0 aliphatic carbocycles. The van der Waals surface area contributed by atoms with Gasteiger partial charge in [0.1, 0.15) is 4.90 Å². The Bertz CT molecular complexity index is 872. The zero-order valence-electron chi connectivity index (χ0n) is 14.4. The Hall–Kier alpha value is -1.97. The number of ether oxygens (including phenoxy) is 1. The Morgan fingerprint density at radius 1 is 1.15 bits per heavy atom. The molecule has 0 radical (unpaired) electrons. The summed E-state index contributed by atoms with van der Waals surface area (Å²) in [5, 5.41) is 0.155. The highest BCUT2D eigenvalue weighted by Gasteiger charge is 2.20. The van der Waals surface area contributed by atoms with Crippen LogP contribution in [0.3, 0.4) is 0 Å². The molecule has 0 saturated carbocycles. The van der Waals surface area contributed by atoms with Crippen LogP contribution in [0.1, 0.15) is 25.1 Å². The number of nitrogens with one attached hydrogen (secondary N) is 1. The Labute approximate surface area is 157 Å². The molecule has 1 saturated heterocycles. The fraction of sp³-hybridized carbons (Fsp3) is 0.438. The summed E-state index contributed by atoms with van der Waals surface area (Å²) >= 11 is 5.98. The van der Waals surface area contributed by atoms with E-state index in [-0.39, 0.29) is 28.3 Å². The molecule has 1 aliphatic heterocycles. The maximum atomic E-state index is 12.5. The van der Waals surface area contributed by atoms with Crippen molar-refractivity contribution in [1.29, 1.82) is 0 Å². The minimum absolute atomic E-state index is 0.0129. The Kier molecular flexibility index (Phi) is 5.90. The van der Waals surface area contributed by atoms with Gasteiger partial charge in [-0.15, -0.1) is 0 Å². The quantitative estimate of drug-likeness (QED) is 0.796. The maximum absolute atomic E-state index is 12.5. The van der Waals surface area contributed by atoms with E-state index in [0.29, 0.717) is 5.95 Å². The van der Waals surface area contributed by atoms with Crippen molar-refractivity contribution in [2.24, 2.45) is 0 Å². The molecule has 10 heteroatoms. The molecular weight excluding hydrogens is 378 g/mol. The summed E-state index contributed by atoms with van der Waals surface area (Å²) in [5.41, 5.74) is 0. The Morgan fingerprint density at radius 3 is 2.58 bits per heavy atom. The molecule has 2 aromatic rings. The monoisotopic (exact) mass is 397 g/mol. The second kappa shape index (κ2) is 8.15. The number of aromatic nitrogens is 3. The van der Waals surface area contributed by atoms with Gasteiger partial charge in [-0.2, -0.15) is 15.0 Å². The minimum Gasteiger partial charge on any atom is -0.467 e. The highest BCUT2D eigenvalue weighted by molar-refractivity contribution is 7.89. The molecule has 1 aliphatic rings. The van der Waals surface area contributed by atoms with Gasteiger partial charge in [0.15, 0.2) is 5.82 Å². The first-order valence-corrected chi connectivity index (χ1v) is 10.1. The Morgan fingerprint density at radius 2 is 1.88 bits per heavy atom. The molecule has 0 atom stereocenters. The lowest BCUT2D eigenvalue weighted by atomic mass is 10.1. The zero-order chi connectivity index (χ0) is 18.6. The first kappa shape index (κ1) is 18.8. The van der Waals surface area contributed by atoms with Crippen LogP contribution in [0.4, 0.5) is 5.95 Å². The average molecular weight is 398 g/mol. The van der Waals surface area contributed by atoms with E-state index in [1.807, 2.05) is 0 Å². The molecule has 140 valence electrons. The largest absolute Gasteiger partial charge is 0.467 e. The van der Waals surface area contributed by atoms with Crippen LogP contribution in [-0.2, 0) is 16.6 Å². The lowest BCUT2D eigenvalue weighted by Gasteiger charge is -2.26. The van der Waals surface area contributed by atoms with Gasteiger partial charge in [0.25, 0.3) is 0 Å². The average Bonchev–Trinajstić information content (AvgIpc) is 2.67. The summed E-state index contributed by atoms with van der Waals surface area (Å²) in [6.45, 7) is 1.63. The normalized spacial score (nSPS) is 15.1. The van der Waals surface area contributed by atoms with Crippen molar-refractivity contribution < 1.29 is 13.2 Å². The second-order valence-electron chi connectivity index (χ2n) is 5.84. The van der Waals surface area contributed by atoms with Gasteiger partial charge in [0.05, 0.1) is 18.7 Å². The third-order valence-electron chi connectivity index (χ3n) is 4.02. The number of anilines is 1. The van der Waals surface area contributed by atoms with Gasteiger partial charge < -0.3 is 9.64 Å². The van der Waals surface area contributed by atoms with E-state index < -0.39 is 10.0 Å². The highest BCUT2D eigenvalue weighted by atomic mass is 35.5. The van der Waals surface area contributed by atoms with Gasteiger partial charge in [0, 0.05) is 13.1 Å². The topological polar surface area (TPSA) is 97.3 Å². The zero-order valence-corrected chi connectivity index (χ0v) is 15.9. The van der Waals surface area contributed by atoms with Gasteiger partial charge in [-0.05, 0) is 31.4 Å². The molecule has 0 amide bonds. The number of rotatable bonds is 6. The van der Waals surface area contributed by atoms with Crippen LogP contribution in [0.25, 0.3) is 0 Å². The van der Waals surface area contributed by atoms with Crippen molar-refractivity contribution in [3.63, 3.8) is 0 Å². The molecule has 1 fully saturated rings. The Balaban J connectivity index is 1.80. The molecule has 0 bridgehead atoms. The summed E-state index contributed by atoms with van der Waals surface area (Å²) in [6.07, 6.45) is 3.33. The van der Waals surface area contributed by atoms with E-state index in [2.05, 4.69) is 24.6 Å². The van der Waals surface area contributed by atoms with E-state index in [0.717, 1.165) is 25.9 Å². The highest BCUT2D eigenvalue weighted by Crippen LogP contribution is 2.21. The van der Waals surface area contributed by atoms with Crippen molar-refractivity contribution in [2.75, 3.05) is 25.1 Å². The van der Waals surface area contributed by atoms with Gasteiger partial charge in [0.2, 0.25) is 16.0 Å². The van der Waals surface area contributed by atoms with Crippen LogP contribution >= 0.6 is 11.6 Å². The van der Waals surface area contributed by atoms with Crippen molar-refractivity contribution in [1.82, 2.24) is 19.7 Å². The molecule has 26 heavy (non-hydrogen) atoms. The van der Waals surface area contributed by atoms with Crippen molar-refractivity contribution >= 4 is 27.6 Å². The first-order chi connectivity index (χ1) is 12.5. The lowest BCUT2D eigenvalue weighted by molar-refractivity contribution is 0.374. The smallest absolute Gasteiger partial charge is 0.321 e. The van der Waals surface area contributed by atoms with E-state index >= 15 is 0 Å². The van der Waals surface area contributed by atoms with E-state index in [4.69, 9.17) is 16.3 Å². The van der Waals surface area contributed by atoms with Crippen LogP contribution in [0.2, 0.25) is 5.02 Å². The summed E-state index contributed by atoms with van der Waals surface area (Å²) in [7, 11) is -2.32. The maximum Gasteiger partial charge on any atom is 0.321 e.